The zero-order chi connectivity index (χ0) is 19.1. The van der Waals surface area contributed by atoms with Gasteiger partial charge in [0.05, 0.1) is 4.92 Å². The number of hydrogen-bond acceptors (Lipinski definition) is 3. The summed E-state index contributed by atoms with van der Waals surface area (Å²) in [6.45, 7) is 0. The molecule has 3 rings (SSSR count). The second-order valence-corrected chi connectivity index (χ2v) is 5.50. The van der Waals surface area contributed by atoms with E-state index in [1.54, 1.807) is 36.4 Å². The van der Waals surface area contributed by atoms with Crippen LogP contribution in [-0.4, -0.2) is 4.92 Å². The second kappa shape index (κ2) is 8.12. The molecular formula is C22H12N3O2+. The second-order valence-electron chi connectivity index (χ2n) is 5.50. The van der Waals surface area contributed by atoms with E-state index in [0.29, 0.717) is 22.4 Å². The highest BCUT2D eigenvalue weighted by Gasteiger charge is 2.12. The van der Waals surface area contributed by atoms with Gasteiger partial charge in [0.2, 0.25) is 5.39 Å². The standard InChI is InChI=1S/C22H12N3O2/c23-24-21-14-10-18(11-15-21)6-7-19-9-13-20(22(16-19)25(26)27)12-8-17-4-2-1-3-5-17/h1-5,9-11,13-16H/q+1. The fourth-order valence-electron chi connectivity index (χ4n) is 2.28. The Morgan fingerprint density at radius 1 is 0.778 bits per heavy atom. The van der Waals surface area contributed by atoms with Gasteiger partial charge in [0, 0.05) is 34.9 Å². The van der Waals surface area contributed by atoms with Crippen LogP contribution in [0.15, 0.2) is 72.8 Å². The maximum Gasteiger partial charge on any atom is 0.385 e. The first-order valence-electron chi connectivity index (χ1n) is 7.98. The van der Waals surface area contributed by atoms with E-state index >= 15 is 0 Å². The highest BCUT2D eigenvalue weighted by Crippen LogP contribution is 2.19. The maximum atomic E-state index is 11.4. The molecule has 3 aromatic rings. The first kappa shape index (κ1) is 17.4. The van der Waals surface area contributed by atoms with Crippen LogP contribution in [0.25, 0.3) is 4.98 Å². The fourth-order valence-corrected chi connectivity index (χ4v) is 2.28. The molecule has 0 heterocycles. The van der Waals surface area contributed by atoms with Gasteiger partial charge >= 0.3 is 5.69 Å². The highest BCUT2D eigenvalue weighted by atomic mass is 16.6. The summed E-state index contributed by atoms with van der Waals surface area (Å²) in [5.41, 5.74) is 2.69. The monoisotopic (exact) mass is 350 g/mol. The van der Waals surface area contributed by atoms with Crippen molar-refractivity contribution in [1.82, 2.24) is 0 Å². The van der Waals surface area contributed by atoms with Gasteiger partial charge in [-0.25, -0.2) is 0 Å². The lowest BCUT2D eigenvalue weighted by Crippen LogP contribution is -1.93. The highest BCUT2D eigenvalue weighted by molar-refractivity contribution is 5.58. The van der Waals surface area contributed by atoms with Crippen LogP contribution in [0.3, 0.4) is 0 Å². The smallest absolute Gasteiger partial charge is 0.258 e. The molecule has 0 aromatic heterocycles. The van der Waals surface area contributed by atoms with Crippen molar-refractivity contribution in [1.29, 1.82) is 5.39 Å². The number of benzene rings is 3. The number of nitro groups is 1. The quantitative estimate of drug-likeness (QED) is 0.272. The van der Waals surface area contributed by atoms with E-state index in [2.05, 4.69) is 28.7 Å². The number of hydrogen-bond donors (Lipinski definition) is 0. The predicted molar refractivity (Wildman–Crippen MR) is 103 cm³/mol. The molecule has 0 aliphatic carbocycles. The first-order chi connectivity index (χ1) is 13.2. The van der Waals surface area contributed by atoms with Crippen LogP contribution < -0.4 is 0 Å². The molecule has 27 heavy (non-hydrogen) atoms. The molecule has 0 aliphatic rings. The van der Waals surface area contributed by atoms with Gasteiger partial charge in [-0.05, 0) is 36.4 Å². The molecule has 0 radical (unpaired) electrons. The molecule has 0 fully saturated rings. The molecule has 0 aliphatic heterocycles. The third-order valence-electron chi connectivity index (χ3n) is 3.64. The lowest BCUT2D eigenvalue weighted by molar-refractivity contribution is -0.385. The Morgan fingerprint density at radius 3 is 2.04 bits per heavy atom. The Bertz CT molecular complexity index is 1150. The van der Waals surface area contributed by atoms with Crippen LogP contribution in [0.5, 0.6) is 0 Å². The predicted octanol–water partition coefficient (Wildman–Crippen LogP) is 4.88. The summed E-state index contributed by atoms with van der Waals surface area (Å²) in [5, 5.41) is 20.1. The van der Waals surface area contributed by atoms with Gasteiger partial charge in [-0.1, -0.05) is 41.9 Å². The van der Waals surface area contributed by atoms with Crippen molar-refractivity contribution in [2.45, 2.75) is 0 Å². The van der Waals surface area contributed by atoms with Gasteiger partial charge in [-0.2, -0.15) is 0 Å². The van der Waals surface area contributed by atoms with E-state index in [9.17, 15) is 10.1 Å². The molecular weight excluding hydrogens is 338 g/mol. The number of diazo groups is 1. The van der Waals surface area contributed by atoms with E-state index in [-0.39, 0.29) is 5.69 Å². The van der Waals surface area contributed by atoms with E-state index < -0.39 is 4.92 Å². The summed E-state index contributed by atoms with van der Waals surface area (Å²) in [6, 6.07) is 20.7. The Balaban J connectivity index is 1.90. The average Bonchev–Trinajstić information content (AvgIpc) is 2.72. The Kier molecular flexibility index (Phi) is 5.24. The Labute approximate surface area is 156 Å². The van der Waals surface area contributed by atoms with Crippen molar-refractivity contribution in [2.24, 2.45) is 0 Å². The minimum Gasteiger partial charge on any atom is -0.258 e. The third-order valence-corrected chi connectivity index (χ3v) is 3.64. The number of rotatable bonds is 1. The van der Waals surface area contributed by atoms with E-state index in [4.69, 9.17) is 5.39 Å². The Hall–Kier alpha value is -4.40. The minimum atomic E-state index is -0.461. The summed E-state index contributed by atoms with van der Waals surface area (Å²) in [5.74, 6) is 11.6. The van der Waals surface area contributed by atoms with Gasteiger partial charge in [0.15, 0.2) is 4.98 Å². The van der Waals surface area contributed by atoms with Crippen molar-refractivity contribution in [3.8, 4) is 23.7 Å². The van der Waals surface area contributed by atoms with E-state index in [1.165, 1.54) is 6.07 Å². The molecule has 3 aromatic carbocycles. The largest absolute Gasteiger partial charge is 0.385 e. The molecule has 0 saturated carbocycles. The topological polar surface area (TPSA) is 71.3 Å². The van der Waals surface area contributed by atoms with Gasteiger partial charge < -0.3 is 0 Å². The van der Waals surface area contributed by atoms with Crippen molar-refractivity contribution in [3.63, 3.8) is 0 Å². The summed E-state index contributed by atoms with van der Waals surface area (Å²) in [6.07, 6.45) is 0. The van der Waals surface area contributed by atoms with Gasteiger partial charge in [-0.3, -0.25) is 10.1 Å². The van der Waals surface area contributed by atoms with Crippen molar-refractivity contribution in [3.05, 3.63) is 110 Å². The van der Waals surface area contributed by atoms with E-state index in [1.807, 2.05) is 30.3 Å². The van der Waals surface area contributed by atoms with Crippen LogP contribution in [0.4, 0.5) is 11.4 Å². The molecule has 0 unspecified atom stereocenters. The fraction of sp³-hybridized carbons (Fsp3) is 0. The molecule has 5 nitrogen and oxygen atoms in total. The molecule has 0 amide bonds. The lowest BCUT2D eigenvalue weighted by Gasteiger charge is -1.97. The molecule has 0 atom stereocenters. The third kappa shape index (κ3) is 4.57. The van der Waals surface area contributed by atoms with Gasteiger partial charge in [-0.15, -0.1) is 0 Å². The summed E-state index contributed by atoms with van der Waals surface area (Å²) in [4.78, 5) is 14.0. The SMILES string of the molecule is N#[N+]c1ccc(C#Cc2ccc(C#Cc3ccccc3)c([N+](=O)[O-])c2)cc1. The van der Waals surface area contributed by atoms with Crippen LogP contribution >= 0.6 is 0 Å². The molecule has 0 bridgehead atoms. The molecule has 0 spiro atoms. The number of nitrogens with zero attached hydrogens (tertiary/aromatic N) is 3. The Morgan fingerprint density at radius 2 is 1.37 bits per heavy atom. The zero-order valence-corrected chi connectivity index (χ0v) is 14.1. The first-order valence-corrected chi connectivity index (χ1v) is 7.98. The molecule has 0 saturated heterocycles. The van der Waals surface area contributed by atoms with E-state index in [0.717, 1.165) is 5.56 Å². The summed E-state index contributed by atoms with van der Waals surface area (Å²) in [7, 11) is 0. The molecule has 126 valence electrons. The maximum absolute atomic E-state index is 11.4. The zero-order valence-electron chi connectivity index (χ0n) is 14.1. The normalized spacial score (nSPS) is 9.15. The van der Waals surface area contributed by atoms with Gasteiger partial charge in [0.1, 0.15) is 5.56 Å². The van der Waals surface area contributed by atoms with Crippen molar-refractivity contribution in [2.75, 3.05) is 0 Å². The van der Waals surface area contributed by atoms with Crippen molar-refractivity contribution < 1.29 is 4.92 Å². The summed E-state index contributed by atoms with van der Waals surface area (Å²) < 4.78 is 0. The number of nitro benzene ring substituents is 1. The lowest BCUT2D eigenvalue weighted by atomic mass is 10.1. The van der Waals surface area contributed by atoms with Gasteiger partial charge in [0.25, 0.3) is 5.69 Å². The minimum absolute atomic E-state index is 0.0836. The molecule has 0 N–H and O–H groups in total. The van der Waals surface area contributed by atoms with Crippen LogP contribution in [0, 0.1) is 39.2 Å². The van der Waals surface area contributed by atoms with Crippen LogP contribution in [0.1, 0.15) is 22.3 Å². The van der Waals surface area contributed by atoms with Crippen LogP contribution in [0.2, 0.25) is 0 Å². The summed E-state index contributed by atoms with van der Waals surface area (Å²) >= 11 is 0. The van der Waals surface area contributed by atoms with Crippen LogP contribution in [-0.2, 0) is 0 Å². The molecule has 5 heteroatoms. The average molecular weight is 350 g/mol. The van der Waals surface area contributed by atoms with Crippen molar-refractivity contribution >= 4 is 11.4 Å².